The van der Waals surface area contributed by atoms with Gasteiger partial charge in [-0.25, -0.2) is 0 Å². The van der Waals surface area contributed by atoms with Crippen LogP contribution in [0.5, 0.6) is 0 Å². The average Bonchev–Trinajstić information content (AvgIpc) is 2.94. The Morgan fingerprint density at radius 3 is 2.69 bits per heavy atom. The second-order valence-corrected chi connectivity index (χ2v) is 6.20. The topological polar surface area (TPSA) is 33.0 Å². The van der Waals surface area contributed by atoms with Gasteiger partial charge >= 0.3 is 0 Å². The van der Waals surface area contributed by atoms with Gasteiger partial charge in [-0.05, 0) is 57.3 Å². The van der Waals surface area contributed by atoms with Crippen LogP contribution in [0.15, 0.2) is 0 Å². The third-order valence-corrected chi connectivity index (χ3v) is 5.11. The molecule has 88 valence electrons. The first kappa shape index (κ1) is 10.6. The molecule has 1 heterocycles. The fraction of sp³-hybridized carbons (Fsp3) is 0.929. The van der Waals surface area contributed by atoms with Crippen molar-refractivity contribution < 1.29 is 4.74 Å². The van der Waals surface area contributed by atoms with Crippen LogP contribution in [-0.4, -0.2) is 12.2 Å². The van der Waals surface area contributed by atoms with Crippen molar-refractivity contribution in [3.63, 3.8) is 0 Å². The Morgan fingerprint density at radius 2 is 2.19 bits per heavy atom. The third kappa shape index (κ3) is 1.57. The van der Waals surface area contributed by atoms with Crippen LogP contribution in [-0.2, 0) is 4.74 Å². The Hall–Kier alpha value is -0.550. The molecule has 3 rings (SSSR count). The zero-order valence-electron chi connectivity index (χ0n) is 10.1. The fourth-order valence-corrected chi connectivity index (χ4v) is 4.32. The summed E-state index contributed by atoms with van der Waals surface area (Å²) >= 11 is 0. The lowest BCUT2D eigenvalue weighted by Crippen LogP contribution is -2.30. The summed E-state index contributed by atoms with van der Waals surface area (Å²) in [5.74, 6) is 1.53. The van der Waals surface area contributed by atoms with Crippen LogP contribution in [0.1, 0.15) is 51.9 Å². The number of hydrogen-bond acceptors (Lipinski definition) is 2. The Morgan fingerprint density at radius 1 is 1.31 bits per heavy atom. The predicted octanol–water partition coefficient (Wildman–Crippen LogP) is 3.27. The Labute approximate surface area is 98.0 Å². The number of nitrogens with zero attached hydrogens (tertiary/aromatic N) is 1. The summed E-state index contributed by atoms with van der Waals surface area (Å²) in [6, 6.07) is 2.67. The fourth-order valence-electron chi connectivity index (χ4n) is 4.32. The molecule has 16 heavy (non-hydrogen) atoms. The molecule has 2 nitrogen and oxygen atoms in total. The van der Waals surface area contributed by atoms with Crippen molar-refractivity contribution in [2.75, 3.05) is 0 Å². The van der Waals surface area contributed by atoms with Crippen LogP contribution in [0.3, 0.4) is 0 Å². The lowest BCUT2D eigenvalue weighted by Gasteiger charge is -2.33. The van der Waals surface area contributed by atoms with Gasteiger partial charge < -0.3 is 4.74 Å². The molecule has 2 bridgehead atoms. The maximum atomic E-state index is 9.56. The lowest BCUT2D eigenvalue weighted by molar-refractivity contribution is 0.0212. The molecule has 2 aliphatic carbocycles. The number of ether oxygens (including phenoxy) is 1. The highest BCUT2D eigenvalue weighted by Crippen LogP contribution is 2.58. The van der Waals surface area contributed by atoms with Crippen molar-refractivity contribution in [3.8, 4) is 6.07 Å². The summed E-state index contributed by atoms with van der Waals surface area (Å²) in [6.45, 7) is 2.15. The van der Waals surface area contributed by atoms with E-state index in [1.807, 2.05) is 0 Å². The minimum atomic E-state index is -0.0162. The van der Waals surface area contributed by atoms with E-state index < -0.39 is 0 Å². The number of hydrogen-bond donors (Lipinski definition) is 0. The number of nitriles is 1. The highest BCUT2D eigenvalue weighted by molar-refractivity contribution is 5.12. The molecule has 0 spiro atoms. The molecule has 0 aromatic rings. The van der Waals surface area contributed by atoms with Crippen molar-refractivity contribution in [1.29, 1.82) is 5.26 Å². The minimum absolute atomic E-state index is 0.0162. The molecule has 3 aliphatic rings. The SMILES string of the molecule is CC1CCC(CC2(C#N)CC3CCC2C3)O1. The smallest absolute Gasteiger partial charge is 0.0693 e. The Kier molecular flexibility index (Phi) is 2.47. The Bertz CT molecular complexity index is 321. The molecule has 3 fully saturated rings. The van der Waals surface area contributed by atoms with Crippen LogP contribution in [0, 0.1) is 28.6 Å². The molecule has 0 amide bonds. The van der Waals surface area contributed by atoms with Gasteiger partial charge in [-0.1, -0.05) is 6.42 Å². The van der Waals surface area contributed by atoms with Crippen LogP contribution in [0.4, 0.5) is 0 Å². The minimum Gasteiger partial charge on any atom is -0.375 e. The van der Waals surface area contributed by atoms with Gasteiger partial charge in [0.2, 0.25) is 0 Å². The van der Waals surface area contributed by atoms with Gasteiger partial charge in [0, 0.05) is 0 Å². The van der Waals surface area contributed by atoms with Gasteiger partial charge in [-0.15, -0.1) is 0 Å². The van der Waals surface area contributed by atoms with Gasteiger partial charge in [-0.3, -0.25) is 0 Å². The molecule has 5 unspecified atom stereocenters. The number of fused-ring (bicyclic) bond motifs is 2. The molecule has 2 saturated carbocycles. The van der Waals surface area contributed by atoms with Crippen LogP contribution >= 0.6 is 0 Å². The maximum Gasteiger partial charge on any atom is 0.0693 e. The first-order valence-corrected chi connectivity index (χ1v) is 6.78. The zero-order chi connectivity index (χ0) is 11.2. The van der Waals surface area contributed by atoms with Crippen molar-refractivity contribution in [1.82, 2.24) is 0 Å². The second-order valence-electron chi connectivity index (χ2n) is 6.20. The monoisotopic (exact) mass is 219 g/mol. The summed E-state index contributed by atoms with van der Waals surface area (Å²) < 4.78 is 5.91. The van der Waals surface area contributed by atoms with Crippen LogP contribution < -0.4 is 0 Å². The molecule has 0 N–H and O–H groups in total. The molecule has 2 heteroatoms. The molecule has 1 saturated heterocycles. The summed E-state index contributed by atoms with van der Waals surface area (Å²) in [7, 11) is 0. The molecule has 5 atom stereocenters. The first-order chi connectivity index (χ1) is 7.72. The summed E-state index contributed by atoms with van der Waals surface area (Å²) in [4.78, 5) is 0. The molecule has 1 aliphatic heterocycles. The summed E-state index contributed by atoms with van der Waals surface area (Å²) in [5, 5.41) is 9.56. The second kappa shape index (κ2) is 3.74. The molecule has 0 aromatic carbocycles. The third-order valence-electron chi connectivity index (χ3n) is 5.11. The van der Waals surface area contributed by atoms with Crippen molar-refractivity contribution in [3.05, 3.63) is 0 Å². The van der Waals surface area contributed by atoms with E-state index in [9.17, 15) is 5.26 Å². The van der Waals surface area contributed by atoms with Gasteiger partial charge in [0.1, 0.15) is 0 Å². The molecule has 0 radical (unpaired) electrons. The van der Waals surface area contributed by atoms with E-state index in [0.29, 0.717) is 18.1 Å². The maximum absolute atomic E-state index is 9.56. The average molecular weight is 219 g/mol. The van der Waals surface area contributed by atoms with Gasteiger partial charge in [0.05, 0.1) is 23.7 Å². The van der Waals surface area contributed by atoms with Crippen LogP contribution in [0.2, 0.25) is 0 Å². The van der Waals surface area contributed by atoms with E-state index in [0.717, 1.165) is 18.8 Å². The van der Waals surface area contributed by atoms with Gasteiger partial charge in [0.15, 0.2) is 0 Å². The first-order valence-electron chi connectivity index (χ1n) is 6.78. The number of rotatable bonds is 2. The van der Waals surface area contributed by atoms with E-state index in [1.165, 1.54) is 32.1 Å². The van der Waals surface area contributed by atoms with Gasteiger partial charge in [-0.2, -0.15) is 5.26 Å². The lowest BCUT2D eigenvalue weighted by atomic mass is 9.70. The van der Waals surface area contributed by atoms with Crippen LogP contribution in [0.25, 0.3) is 0 Å². The highest BCUT2D eigenvalue weighted by atomic mass is 16.5. The summed E-state index contributed by atoms with van der Waals surface area (Å²) in [6.07, 6.45) is 9.28. The predicted molar refractivity (Wildman–Crippen MR) is 61.7 cm³/mol. The van der Waals surface area contributed by atoms with Crippen molar-refractivity contribution in [2.45, 2.75) is 64.1 Å². The quantitative estimate of drug-likeness (QED) is 0.714. The van der Waals surface area contributed by atoms with E-state index in [1.54, 1.807) is 0 Å². The Balaban J connectivity index is 1.70. The molecule has 0 aromatic heterocycles. The normalized spacial score (nSPS) is 50.8. The van der Waals surface area contributed by atoms with Crippen molar-refractivity contribution in [2.24, 2.45) is 17.3 Å². The standard InChI is InChI=1S/C14H21NO/c1-10-2-5-13(16-10)8-14(9-15)7-11-3-4-12(14)6-11/h10-13H,2-8H2,1H3. The van der Waals surface area contributed by atoms with E-state index in [2.05, 4.69) is 13.0 Å². The highest BCUT2D eigenvalue weighted by Gasteiger charge is 2.52. The summed E-state index contributed by atoms with van der Waals surface area (Å²) in [5.41, 5.74) is -0.0162. The largest absolute Gasteiger partial charge is 0.375 e. The molecular formula is C14H21NO. The van der Waals surface area contributed by atoms with Crippen molar-refractivity contribution >= 4 is 0 Å². The van der Waals surface area contributed by atoms with E-state index >= 15 is 0 Å². The zero-order valence-corrected chi connectivity index (χ0v) is 10.1. The molecular weight excluding hydrogens is 198 g/mol. The van der Waals surface area contributed by atoms with Gasteiger partial charge in [0.25, 0.3) is 0 Å². The van der Waals surface area contributed by atoms with E-state index in [4.69, 9.17) is 4.74 Å². The van der Waals surface area contributed by atoms with E-state index in [-0.39, 0.29) is 5.41 Å².